The number of fused-ring (bicyclic) bond motifs is 5. The summed E-state index contributed by atoms with van der Waals surface area (Å²) in [5.74, 6) is 2.69. The van der Waals surface area contributed by atoms with E-state index in [0.717, 1.165) is 51.4 Å². The number of hydrogen-bond donors (Lipinski definition) is 0. The fourth-order valence-electron chi connectivity index (χ4n) is 7.00. The Kier molecular flexibility index (Phi) is 3.58. The molecule has 7 atom stereocenters. The van der Waals surface area contributed by atoms with Gasteiger partial charge in [-0.2, -0.15) is 0 Å². The Morgan fingerprint density at radius 2 is 1.92 bits per heavy atom. The Morgan fingerprint density at radius 1 is 1.12 bits per heavy atom. The Hall–Kier alpha value is -1.35. The van der Waals surface area contributed by atoms with Crippen molar-refractivity contribution in [1.82, 2.24) is 0 Å². The predicted octanol–water partition coefficient (Wildman–Crippen LogP) is 4.46. The summed E-state index contributed by atoms with van der Waals surface area (Å²) in [4.78, 5) is 27.7. The van der Waals surface area contributed by atoms with Gasteiger partial charge in [0.2, 0.25) is 0 Å². The van der Waals surface area contributed by atoms with Crippen molar-refractivity contribution in [3.8, 4) is 0 Å². The van der Waals surface area contributed by atoms with Crippen LogP contribution in [0.2, 0.25) is 0 Å². The van der Waals surface area contributed by atoms with E-state index >= 15 is 0 Å². The van der Waals surface area contributed by atoms with Crippen molar-refractivity contribution >= 4 is 11.6 Å². The summed E-state index contributed by atoms with van der Waals surface area (Å²) in [5.41, 5.74) is 8.75. The first-order valence-electron chi connectivity index (χ1n) is 9.50. The highest BCUT2D eigenvalue weighted by atomic mass is 16.1. The lowest BCUT2D eigenvalue weighted by molar-refractivity contribution is -0.144. The monoisotopic (exact) mass is 329 g/mol. The quantitative estimate of drug-likeness (QED) is 0.404. The minimum atomic E-state index is -0.456. The zero-order valence-electron chi connectivity index (χ0n) is 14.7. The molecule has 0 spiro atoms. The molecule has 0 aromatic carbocycles. The molecule has 0 saturated heterocycles. The van der Waals surface area contributed by atoms with Crippen LogP contribution in [-0.2, 0) is 9.59 Å². The average molecular weight is 329 g/mol. The molecule has 0 heterocycles. The lowest BCUT2D eigenvalue weighted by Gasteiger charge is -2.59. The maximum Gasteiger partial charge on any atom is 0.147 e. The van der Waals surface area contributed by atoms with Gasteiger partial charge in [0.05, 0.1) is 6.04 Å². The fraction of sp³-hybridized carbons (Fsp3) is 0.895. The SMILES string of the molecule is C[C@]12CCC(=O)C[C@@H]1CC[C@@H]1[C@@H]2CC[C@]2(C)C(=O)[C@@H](N=[N+]=[N-])C[C@@H]12. The lowest BCUT2D eigenvalue weighted by atomic mass is 9.45. The Labute approximate surface area is 143 Å². The highest BCUT2D eigenvalue weighted by Gasteiger charge is 2.62. The van der Waals surface area contributed by atoms with Crippen molar-refractivity contribution in [3.63, 3.8) is 0 Å². The van der Waals surface area contributed by atoms with E-state index in [0.29, 0.717) is 29.5 Å². The van der Waals surface area contributed by atoms with Gasteiger partial charge in [-0.15, -0.1) is 0 Å². The summed E-state index contributed by atoms with van der Waals surface area (Å²) in [5, 5.41) is 3.81. The molecule has 5 heteroatoms. The highest BCUT2D eigenvalue weighted by molar-refractivity contribution is 5.92. The van der Waals surface area contributed by atoms with E-state index in [9.17, 15) is 9.59 Å². The number of carbonyl (C=O) groups is 2. The number of rotatable bonds is 1. The Balaban J connectivity index is 1.65. The van der Waals surface area contributed by atoms with Crippen LogP contribution in [0.25, 0.3) is 10.4 Å². The van der Waals surface area contributed by atoms with Crippen molar-refractivity contribution < 1.29 is 9.59 Å². The van der Waals surface area contributed by atoms with Gasteiger partial charge in [-0.1, -0.05) is 19.0 Å². The fourth-order valence-corrected chi connectivity index (χ4v) is 7.00. The highest BCUT2D eigenvalue weighted by Crippen LogP contribution is 2.65. The number of nitrogens with zero attached hydrogens (tertiary/aromatic N) is 3. The molecule has 0 amide bonds. The third-order valence-electron chi connectivity index (χ3n) is 8.41. The number of carbonyl (C=O) groups excluding carboxylic acids is 2. The Bertz CT molecular complexity index is 641. The number of ketones is 2. The summed E-state index contributed by atoms with van der Waals surface area (Å²) in [6.07, 6.45) is 7.53. The molecule has 0 radical (unpaired) electrons. The maximum absolute atomic E-state index is 12.8. The van der Waals surface area contributed by atoms with Crippen LogP contribution in [0.5, 0.6) is 0 Å². The van der Waals surface area contributed by atoms with Crippen LogP contribution in [-0.4, -0.2) is 17.6 Å². The maximum atomic E-state index is 12.8. The first-order valence-corrected chi connectivity index (χ1v) is 9.50. The minimum Gasteiger partial charge on any atom is -0.300 e. The van der Waals surface area contributed by atoms with E-state index in [1.165, 1.54) is 0 Å². The van der Waals surface area contributed by atoms with Crippen molar-refractivity contribution in [2.45, 2.75) is 71.3 Å². The molecule has 4 aliphatic rings. The molecule has 4 rings (SSSR count). The zero-order chi connectivity index (χ0) is 17.1. The predicted molar refractivity (Wildman–Crippen MR) is 90.1 cm³/mol. The normalized spacial score (nSPS) is 50.5. The van der Waals surface area contributed by atoms with Gasteiger partial charge in [-0.3, -0.25) is 9.59 Å². The number of Topliss-reactive ketones (excluding diaryl/α,β-unsaturated/α-hetero) is 2. The van der Waals surface area contributed by atoms with Crippen LogP contribution in [0, 0.1) is 34.5 Å². The third kappa shape index (κ3) is 2.03. The first kappa shape index (κ1) is 16.1. The van der Waals surface area contributed by atoms with E-state index in [1.807, 2.05) is 0 Å². The summed E-state index contributed by atoms with van der Waals surface area (Å²) in [6, 6.07) is -0.456. The number of azide groups is 1. The molecule has 24 heavy (non-hydrogen) atoms. The van der Waals surface area contributed by atoms with E-state index < -0.39 is 6.04 Å². The molecule has 5 nitrogen and oxygen atoms in total. The van der Waals surface area contributed by atoms with Gasteiger partial charge in [0.1, 0.15) is 11.6 Å². The molecule has 0 bridgehead atoms. The molecule has 4 aliphatic carbocycles. The van der Waals surface area contributed by atoms with Crippen LogP contribution >= 0.6 is 0 Å². The van der Waals surface area contributed by atoms with Gasteiger partial charge in [0.25, 0.3) is 0 Å². The molecule has 0 aromatic rings. The zero-order valence-corrected chi connectivity index (χ0v) is 14.7. The van der Waals surface area contributed by atoms with Crippen molar-refractivity contribution in [2.75, 3.05) is 0 Å². The second kappa shape index (κ2) is 5.32. The van der Waals surface area contributed by atoms with Crippen molar-refractivity contribution in [1.29, 1.82) is 0 Å². The van der Waals surface area contributed by atoms with Crippen LogP contribution in [0.3, 0.4) is 0 Å². The van der Waals surface area contributed by atoms with Crippen LogP contribution < -0.4 is 0 Å². The van der Waals surface area contributed by atoms with Gasteiger partial charge in [-0.25, -0.2) is 0 Å². The average Bonchev–Trinajstić information content (AvgIpc) is 2.81. The smallest absolute Gasteiger partial charge is 0.147 e. The molecule has 4 saturated carbocycles. The number of hydrogen-bond acceptors (Lipinski definition) is 3. The molecule has 0 N–H and O–H groups in total. The largest absolute Gasteiger partial charge is 0.300 e. The van der Waals surface area contributed by atoms with Crippen LogP contribution in [0.1, 0.15) is 65.2 Å². The lowest BCUT2D eigenvalue weighted by Crippen LogP contribution is -2.53. The summed E-state index contributed by atoms with van der Waals surface area (Å²) >= 11 is 0. The van der Waals surface area contributed by atoms with Gasteiger partial charge in [-0.05, 0) is 73.1 Å². The van der Waals surface area contributed by atoms with Crippen LogP contribution in [0.15, 0.2) is 5.11 Å². The van der Waals surface area contributed by atoms with Gasteiger partial charge in [0, 0.05) is 23.2 Å². The minimum absolute atomic E-state index is 0.176. The second-order valence-electron chi connectivity index (χ2n) is 9.18. The van der Waals surface area contributed by atoms with Crippen LogP contribution in [0.4, 0.5) is 0 Å². The third-order valence-corrected chi connectivity index (χ3v) is 8.41. The van der Waals surface area contributed by atoms with Gasteiger partial charge in [0.15, 0.2) is 0 Å². The summed E-state index contributed by atoms with van der Waals surface area (Å²) in [6.45, 7) is 4.52. The van der Waals surface area contributed by atoms with Crippen molar-refractivity contribution in [2.24, 2.45) is 39.6 Å². The Morgan fingerprint density at radius 3 is 2.67 bits per heavy atom. The van der Waals surface area contributed by atoms with E-state index in [-0.39, 0.29) is 16.6 Å². The van der Waals surface area contributed by atoms with E-state index in [2.05, 4.69) is 23.9 Å². The molecule has 130 valence electrons. The topological polar surface area (TPSA) is 82.9 Å². The second-order valence-corrected chi connectivity index (χ2v) is 9.18. The van der Waals surface area contributed by atoms with Crippen molar-refractivity contribution in [3.05, 3.63) is 10.4 Å². The van der Waals surface area contributed by atoms with E-state index in [4.69, 9.17) is 5.53 Å². The standard InChI is InChI=1S/C19H27N3O2/c1-18-7-5-12(23)9-11(18)3-4-13-14(18)6-8-19(2)15(13)10-16(17(19)24)21-22-20/h11,13-16H,3-10H2,1-2H3/t11-,13+,14-,15-,16-,18-,19-/m0/s1. The molecule has 0 aromatic heterocycles. The molecular weight excluding hydrogens is 302 g/mol. The first-order chi connectivity index (χ1) is 11.4. The van der Waals surface area contributed by atoms with Gasteiger partial charge >= 0.3 is 0 Å². The molecule has 4 fully saturated rings. The van der Waals surface area contributed by atoms with Gasteiger partial charge < -0.3 is 0 Å². The molecular formula is C19H27N3O2. The summed E-state index contributed by atoms with van der Waals surface area (Å²) < 4.78 is 0. The molecule has 0 unspecified atom stereocenters. The molecule has 0 aliphatic heterocycles. The summed E-state index contributed by atoms with van der Waals surface area (Å²) in [7, 11) is 0. The van der Waals surface area contributed by atoms with E-state index in [1.54, 1.807) is 0 Å².